The zero-order valence-electron chi connectivity index (χ0n) is 11.9. The fourth-order valence-corrected chi connectivity index (χ4v) is 10.2. The first kappa shape index (κ1) is 15.5. The number of rotatable bonds is 2. The summed E-state index contributed by atoms with van der Waals surface area (Å²) in [6.07, 6.45) is 4.64. The first-order chi connectivity index (χ1) is 10.7. The van der Waals surface area contributed by atoms with Crippen LogP contribution in [0.5, 0.6) is 0 Å². The van der Waals surface area contributed by atoms with Crippen molar-refractivity contribution in [2.45, 2.75) is 13.8 Å². The molecule has 0 nitrogen and oxygen atoms in total. The van der Waals surface area contributed by atoms with E-state index in [1.54, 1.807) is 0 Å². The van der Waals surface area contributed by atoms with E-state index in [0.29, 0.717) is 0 Å². The average molecular weight is 397 g/mol. The minimum absolute atomic E-state index is 1.36. The third-order valence-corrected chi connectivity index (χ3v) is 10.2. The lowest BCUT2D eigenvalue weighted by Crippen LogP contribution is -1.67. The smallest absolute Gasteiger partial charge is 0.0716 e. The number of thioether (sulfide) groups is 4. The van der Waals surface area contributed by atoms with E-state index in [-0.39, 0.29) is 0 Å². The molecule has 4 rings (SSSR count). The predicted octanol–water partition coefficient (Wildman–Crippen LogP) is 7.81. The molecule has 0 amide bonds. The number of thiophene rings is 2. The van der Waals surface area contributed by atoms with Crippen LogP contribution in [0.4, 0.5) is 0 Å². The molecular formula is C16H12S6. The SMILES string of the molecule is Cc1ccc(C=C2SC3=C(S2)SC(=Cc2ccc(C)s2)S3)s1. The van der Waals surface area contributed by atoms with Gasteiger partial charge in [0, 0.05) is 19.5 Å². The Labute approximate surface area is 155 Å². The monoisotopic (exact) mass is 396 g/mol. The van der Waals surface area contributed by atoms with Gasteiger partial charge in [-0.25, -0.2) is 0 Å². The van der Waals surface area contributed by atoms with E-state index in [2.05, 4.69) is 50.3 Å². The summed E-state index contributed by atoms with van der Waals surface area (Å²) in [4.78, 5) is 5.46. The Morgan fingerprint density at radius 2 is 1.05 bits per heavy atom. The maximum Gasteiger partial charge on any atom is 0.0716 e. The van der Waals surface area contributed by atoms with E-state index in [1.165, 1.54) is 36.5 Å². The Morgan fingerprint density at radius 1 is 0.636 bits per heavy atom. The van der Waals surface area contributed by atoms with Crippen molar-refractivity contribution in [3.05, 3.63) is 60.7 Å². The summed E-state index contributed by atoms with van der Waals surface area (Å²) in [5.41, 5.74) is 0. The fraction of sp³-hybridized carbons (Fsp3) is 0.125. The molecule has 0 unspecified atom stereocenters. The van der Waals surface area contributed by atoms with Crippen molar-refractivity contribution in [1.29, 1.82) is 0 Å². The summed E-state index contributed by atoms with van der Waals surface area (Å²) in [6, 6.07) is 8.80. The summed E-state index contributed by atoms with van der Waals surface area (Å²) < 4.78 is 5.71. The molecule has 2 aliphatic rings. The molecule has 0 saturated carbocycles. The van der Waals surface area contributed by atoms with E-state index >= 15 is 0 Å². The molecule has 0 fully saturated rings. The molecule has 2 aromatic rings. The van der Waals surface area contributed by atoms with Gasteiger partial charge >= 0.3 is 0 Å². The maximum atomic E-state index is 2.32. The van der Waals surface area contributed by atoms with E-state index in [4.69, 9.17) is 0 Å². The second-order valence-corrected chi connectivity index (χ2v) is 12.7. The van der Waals surface area contributed by atoms with Crippen LogP contribution in [-0.4, -0.2) is 0 Å². The minimum Gasteiger partial charge on any atom is -0.141 e. The summed E-state index contributed by atoms with van der Waals surface area (Å²) in [5.74, 6) is 0. The summed E-state index contributed by atoms with van der Waals surface area (Å²) >= 11 is 11.4. The lowest BCUT2D eigenvalue weighted by Gasteiger charge is -2.01. The van der Waals surface area contributed by atoms with Gasteiger partial charge in [-0.2, -0.15) is 0 Å². The summed E-state index contributed by atoms with van der Waals surface area (Å²) in [5, 5.41) is 0. The Bertz CT molecular complexity index is 729. The van der Waals surface area contributed by atoms with Crippen LogP contribution in [0.2, 0.25) is 0 Å². The highest BCUT2D eigenvalue weighted by Gasteiger charge is 2.30. The Kier molecular flexibility index (Phi) is 4.59. The van der Waals surface area contributed by atoms with E-state index in [1.807, 2.05) is 69.7 Å². The van der Waals surface area contributed by atoms with Crippen LogP contribution >= 0.6 is 69.7 Å². The van der Waals surface area contributed by atoms with Crippen LogP contribution < -0.4 is 0 Å². The van der Waals surface area contributed by atoms with Gasteiger partial charge in [-0.05, 0) is 50.3 Å². The molecule has 0 bridgehead atoms. The van der Waals surface area contributed by atoms with Crippen LogP contribution in [0.3, 0.4) is 0 Å². The number of hydrogen-bond acceptors (Lipinski definition) is 6. The molecule has 0 N–H and O–H groups in total. The van der Waals surface area contributed by atoms with Crippen LogP contribution in [-0.2, 0) is 0 Å². The highest BCUT2D eigenvalue weighted by Crippen LogP contribution is 2.67. The third kappa shape index (κ3) is 3.42. The van der Waals surface area contributed by atoms with Gasteiger partial charge in [0.2, 0.25) is 0 Å². The van der Waals surface area contributed by atoms with Crippen molar-refractivity contribution in [1.82, 2.24) is 0 Å². The Hall–Kier alpha value is 0.0200. The van der Waals surface area contributed by atoms with Gasteiger partial charge in [0.1, 0.15) is 0 Å². The largest absolute Gasteiger partial charge is 0.141 e. The van der Waals surface area contributed by atoms with Crippen molar-refractivity contribution in [3.8, 4) is 0 Å². The molecule has 112 valence electrons. The van der Waals surface area contributed by atoms with Gasteiger partial charge in [0.15, 0.2) is 0 Å². The molecule has 4 heterocycles. The molecule has 0 aliphatic carbocycles. The average Bonchev–Trinajstić information content (AvgIpc) is 3.18. The number of aryl methyl sites for hydroxylation is 2. The highest BCUT2D eigenvalue weighted by molar-refractivity contribution is 8.48. The van der Waals surface area contributed by atoms with Gasteiger partial charge in [-0.15, -0.1) is 22.7 Å². The molecule has 0 aromatic carbocycles. The summed E-state index contributed by atoms with van der Waals surface area (Å²) in [6.45, 7) is 4.32. The first-order valence-corrected chi connectivity index (χ1v) is 11.6. The van der Waals surface area contributed by atoms with Crippen LogP contribution in [0.25, 0.3) is 12.2 Å². The van der Waals surface area contributed by atoms with Crippen molar-refractivity contribution >= 4 is 81.9 Å². The van der Waals surface area contributed by atoms with Gasteiger partial charge in [-0.1, -0.05) is 47.0 Å². The van der Waals surface area contributed by atoms with Crippen molar-refractivity contribution in [3.63, 3.8) is 0 Å². The molecular weight excluding hydrogens is 385 g/mol. The van der Waals surface area contributed by atoms with Gasteiger partial charge in [0.25, 0.3) is 0 Å². The van der Waals surface area contributed by atoms with Gasteiger partial charge < -0.3 is 0 Å². The zero-order chi connectivity index (χ0) is 15.1. The number of hydrogen-bond donors (Lipinski definition) is 0. The fourth-order valence-electron chi connectivity index (χ4n) is 2.03. The molecule has 0 saturated heterocycles. The molecule has 6 heteroatoms. The molecule has 0 atom stereocenters. The molecule has 0 radical (unpaired) electrons. The molecule has 2 aromatic heterocycles. The van der Waals surface area contributed by atoms with Crippen molar-refractivity contribution in [2.75, 3.05) is 0 Å². The van der Waals surface area contributed by atoms with Crippen LogP contribution in [0.15, 0.2) is 41.2 Å². The topological polar surface area (TPSA) is 0 Å². The lowest BCUT2D eigenvalue weighted by atomic mass is 10.4. The maximum absolute atomic E-state index is 2.32. The zero-order valence-corrected chi connectivity index (χ0v) is 16.8. The quantitative estimate of drug-likeness (QED) is 0.507. The van der Waals surface area contributed by atoms with E-state index in [9.17, 15) is 0 Å². The lowest BCUT2D eigenvalue weighted by molar-refractivity contribution is 1.64. The Morgan fingerprint density at radius 3 is 1.36 bits per heavy atom. The minimum atomic E-state index is 1.36. The second-order valence-electron chi connectivity index (χ2n) is 4.81. The molecule has 0 spiro atoms. The van der Waals surface area contributed by atoms with E-state index < -0.39 is 0 Å². The third-order valence-electron chi connectivity index (χ3n) is 2.98. The highest BCUT2D eigenvalue weighted by atomic mass is 32.3. The molecule has 2 aliphatic heterocycles. The van der Waals surface area contributed by atoms with Gasteiger partial charge in [-0.3, -0.25) is 0 Å². The standard InChI is InChI=1S/C16H12S6/c1-9-3-5-11(17-9)7-13-19-15-16(20-13)22-14(21-15)8-12-6-4-10(2)18-12/h3-8H,1-2H3. The first-order valence-electron chi connectivity index (χ1n) is 6.68. The van der Waals surface area contributed by atoms with Crippen LogP contribution in [0, 0.1) is 13.8 Å². The van der Waals surface area contributed by atoms with Crippen LogP contribution in [0.1, 0.15) is 19.5 Å². The molecule has 22 heavy (non-hydrogen) atoms. The van der Waals surface area contributed by atoms with Gasteiger partial charge in [0.05, 0.1) is 16.9 Å². The van der Waals surface area contributed by atoms with Crippen molar-refractivity contribution < 1.29 is 0 Å². The predicted molar refractivity (Wildman–Crippen MR) is 111 cm³/mol. The second kappa shape index (κ2) is 6.49. The normalized spacial score (nSPS) is 17.4. The summed E-state index contributed by atoms with van der Waals surface area (Å²) in [7, 11) is 0. The van der Waals surface area contributed by atoms with Crippen molar-refractivity contribution in [2.24, 2.45) is 0 Å². The van der Waals surface area contributed by atoms with E-state index in [0.717, 1.165) is 0 Å². The Balaban J connectivity index is 1.45.